The van der Waals surface area contributed by atoms with Crippen LogP contribution in [-0.2, 0) is 33.3 Å². The van der Waals surface area contributed by atoms with Crippen LogP contribution in [0.15, 0.2) is 11.6 Å². The van der Waals surface area contributed by atoms with Gasteiger partial charge < -0.3 is 64.2 Å². The number of aliphatic hydroxyl groups excluding tert-OH is 5. The molecule has 17 atom stereocenters. The smallest absolute Gasteiger partial charge is 0.331 e. The number of cyclic esters (lactones) is 1. The summed E-state index contributed by atoms with van der Waals surface area (Å²) in [5.41, 5.74) is -3.07. The van der Waals surface area contributed by atoms with Crippen molar-refractivity contribution in [1.29, 1.82) is 0 Å². The summed E-state index contributed by atoms with van der Waals surface area (Å²) in [4.78, 5) is 25.0. The van der Waals surface area contributed by atoms with Crippen molar-refractivity contribution in [2.45, 2.75) is 144 Å². The number of aldehydes is 1. The Morgan fingerprint density at radius 2 is 1.62 bits per heavy atom. The summed E-state index contributed by atoms with van der Waals surface area (Å²) in [6.07, 6.45) is -5.51. The molecule has 6 fully saturated rings. The van der Waals surface area contributed by atoms with Crippen molar-refractivity contribution in [3.63, 3.8) is 0 Å². The van der Waals surface area contributed by atoms with E-state index in [1.807, 2.05) is 0 Å². The van der Waals surface area contributed by atoms with Gasteiger partial charge in [-0.2, -0.15) is 0 Å². The number of carbonyl (C=O) groups excluding carboxylic acids is 2. The van der Waals surface area contributed by atoms with Crippen LogP contribution in [0.25, 0.3) is 0 Å². The Morgan fingerprint density at radius 1 is 0.896 bits per heavy atom. The van der Waals surface area contributed by atoms with Gasteiger partial charge in [-0.15, -0.1) is 0 Å². The highest BCUT2D eigenvalue weighted by molar-refractivity contribution is 5.85. The summed E-state index contributed by atoms with van der Waals surface area (Å²) >= 11 is 0. The quantitative estimate of drug-likeness (QED) is 0.129. The fraction of sp³-hybridized carbons (Fsp3) is 0.882. The van der Waals surface area contributed by atoms with E-state index in [-0.39, 0.29) is 36.8 Å². The van der Waals surface area contributed by atoms with E-state index in [1.54, 1.807) is 13.0 Å². The molecule has 0 radical (unpaired) electrons. The van der Waals surface area contributed by atoms with E-state index in [9.17, 15) is 45.3 Å². The van der Waals surface area contributed by atoms with Gasteiger partial charge in [0, 0.05) is 17.9 Å². The molecule has 7 rings (SSSR count). The van der Waals surface area contributed by atoms with Crippen LogP contribution in [0, 0.1) is 28.6 Å². The summed E-state index contributed by atoms with van der Waals surface area (Å²) in [6.45, 7) is 3.37. The highest BCUT2D eigenvalue weighted by Crippen LogP contribution is 2.70. The van der Waals surface area contributed by atoms with Gasteiger partial charge in [-0.3, -0.25) is 0 Å². The molecular formula is C34H50O14. The zero-order valence-corrected chi connectivity index (χ0v) is 27.4. The lowest BCUT2D eigenvalue weighted by molar-refractivity contribution is -0.317. The zero-order valence-electron chi connectivity index (χ0n) is 27.4. The van der Waals surface area contributed by atoms with Crippen molar-refractivity contribution in [3.05, 3.63) is 11.6 Å². The topological polar surface area (TPSA) is 222 Å². The molecule has 14 heteroatoms. The third-order valence-corrected chi connectivity index (χ3v) is 13.7. The molecule has 0 aromatic carbocycles. The zero-order chi connectivity index (χ0) is 34.4. The number of fused-ring (bicyclic) bond motifs is 5. The second-order valence-electron chi connectivity index (χ2n) is 15.7. The lowest BCUT2D eigenvalue weighted by Crippen LogP contribution is -2.69. The highest BCUT2D eigenvalue weighted by Gasteiger charge is 2.71. The first-order valence-corrected chi connectivity index (χ1v) is 17.5. The Hall–Kier alpha value is -1.56. The summed E-state index contributed by atoms with van der Waals surface area (Å²) < 4.78 is 28.6. The van der Waals surface area contributed by atoms with E-state index in [0.717, 1.165) is 18.3 Å². The van der Waals surface area contributed by atoms with Crippen LogP contribution in [0.4, 0.5) is 0 Å². The minimum Gasteiger partial charge on any atom is -0.458 e. The van der Waals surface area contributed by atoms with Crippen molar-refractivity contribution in [1.82, 2.24) is 0 Å². The third-order valence-electron chi connectivity index (χ3n) is 13.7. The van der Waals surface area contributed by atoms with E-state index in [2.05, 4.69) is 6.92 Å². The lowest BCUT2D eigenvalue weighted by atomic mass is 9.41. The Labute approximate surface area is 279 Å². The molecule has 0 aromatic rings. The van der Waals surface area contributed by atoms with Gasteiger partial charge in [-0.1, -0.05) is 6.92 Å². The maximum Gasteiger partial charge on any atom is 0.331 e. The van der Waals surface area contributed by atoms with E-state index in [4.69, 9.17) is 23.7 Å². The molecule has 4 aliphatic carbocycles. The Bertz CT molecular complexity index is 1290. The molecule has 0 aromatic heterocycles. The van der Waals surface area contributed by atoms with Gasteiger partial charge in [-0.25, -0.2) is 4.79 Å². The highest BCUT2D eigenvalue weighted by atomic mass is 16.8. The van der Waals surface area contributed by atoms with Crippen molar-refractivity contribution in [2.24, 2.45) is 28.6 Å². The number of ether oxygens (including phenoxy) is 5. The van der Waals surface area contributed by atoms with Crippen molar-refractivity contribution in [3.8, 4) is 0 Å². The van der Waals surface area contributed by atoms with E-state index < -0.39 is 90.1 Å². The minimum absolute atomic E-state index is 0.0146. The van der Waals surface area contributed by atoms with Crippen LogP contribution in [0.3, 0.4) is 0 Å². The van der Waals surface area contributed by atoms with Crippen molar-refractivity contribution in [2.75, 3.05) is 13.2 Å². The first kappa shape index (κ1) is 34.9. The molecule has 14 nitrogen and oxygen atoms in total. The molecular weight excluding hydrogens is 632 g/mol. The average Bonchev–Trinajstić information content (AvgIpc) is 3.69. The maximum absolute atomic E-state index is 13.1. The Morgan fingerprint density at radius 3 is 2.31 bits per heavy atom. The first-order chi connectivity index (χ1) is 22.7. The summed E-state index contributed by atoms with van der Waals surface area (Å²) in [7, 11) is 0. The molecule has 0 unspecified atom stereocenters. The Kier molecular flexibility index (Phi) is 8.93. The standard InChI is InChI=1S/C34H50O14/c1-16-28(48-29-26(40)25(39)24(38)22(13-35)47-29)27(41)30(45-16)46-18-3-8-32(15-36)20-4-7-31(2)19(17-11-23(37)44-14-17)6-10-34(31,43)21(20)5-9-33(32,42)12-18/h11,15-16,18-22,24-30,35,38-43H,3-10,12-14H2,1-2H3/t16-,18+,19-,20-,21-,22-,24-,25+,26-,27+,28-,29+,30-,31-,32+,33+,34+/m1/s1. The number of aliphatic hydroxyl groups is 7. The first-order valence-electron chi connectivity index (χ1n) is 17.5. The molecule has 2 saturated heterocycles. The van der Waals surface area contributed by atoms with Crippen LogP contribution in [0.2, 0.25) is 0 Å². The van der Waals surface area contributed by atoms with Gasteiger partial charge in [0.15, 0.2) is 12.6 Å². The molecule has 0 amide bonds. The van der Waals surface area contributed by atoms with Gasteiger partial charge in [0.25, 0.3) is 0 Å². The molecule has 7 aliphatic rings. The molecule has 48 heavy (non-hydrogen) atoms. The summed E-state index contributed by atoms with van der Waals surface area (Å²) in [6, 6.07) is 0. The number of hydrogen-bond donors (Lipinski definition) is 7. The summed E-state index contributed by atoms with van der Waals surface area (Å²) in [5, 5.41) is 76.0. The molecule has 7 N–H and O–H groups in total. The fourth-order valence-corrected chi connectivity index (χ4v) is 11.1. The fourth-order valence-electron chi connectivity index (χ4n) is 11.1. The normalized spacial score (nSPS) is 55.0. The van der Waals surface area contributed by atoms with E-state index in [1.165, 1.54) is 0 Å². The van der Waals surface area contributed by atoms with Crippen LogP contribution < -0.4 is 0 Å². The van der Waals surface area contributed by atoms with Gasteiger partial charge in [0.2, 0.25) is 0 Å². The number of hydrogen-bond acceptors (Lipinski definition) is 14. The molecule has 3 heterocycles. The monoisotopic (exact) mass is 682 g/mol. The average molecular weight is 683 g/mol. The van der Waals surface area contributed by atoms with Gasteiger partial charge >= 0.3 is 5.97 Å². The van der Waals surface area contributed by atoms with Gasteiger partial charge in [-0.05, 0) is 81.6 Å². The van der Waals surface area contributed by atoms with Crippen molar-refractivity contribution >= 4 is 12.3 Å². The Balaban J connectivity index is 1.03. The van der Waals surface area contributed by atoms with Gasteiger partial charge in [0.05, 0.1) is 35.4 Å². The van der Waals surface area contributed by atoms with Crippen molar-refractivity contribution < 1.29 is 69.0 Å². The van der Waals surface area contributed by atoms with E-state index >= 15 is 0 Å². The third kappa shape index (κ3) is 5.01. The second kappa shape index (κ2) is 12.3. The predicted octanol–water partition coefficient (Wildman–Crippen LogP) is -0.787. The molecule has 0 bridgehead atoms. The number of carbonyl (C=O) groups is 2. The van der Waals surface area contributed by atoms with E-state index in [0.29, 0.717) is 44.9 Å². The van der Waals surface area contributed by atoms with Crippen LogP contribution in [0.1, 0.15) is 71.6 Å². The largest absolute Gasteiger partial charge is 0.458 e. The molecule has 3 aliphatic heterocycles. The number of esters is 1. The molecule has 270 valence electrons. The summed E-state index contributed by atoms with van der Waals surface area (Å²) in [5.74, 6) is -0.752. The number of rotatable bonds is 7. The molecule has 0 spiro atoms. The van der Waals surface area contributed by atoms with Gasteiger partial charge in [0.1, 0.15) is 49.5 Å². The lowest BCUT2D eigenvalue weighted by Gasteiger charge is -2.65. The second-order valence-corrected chi connectivity index (χ2v) is 15.7. The van der Waals surface area contributed by atoms with Crippen LogP contribution in [0.5, 0.6) is 0 Å². The maximum atomic E-state index is 13.1. The minimum atomic E-state index is -1.65. The van der Waals surface area contributed by atoms with Crippen LogP contribution in [-0.4, -0.2) is 134 Å². The SMILES string of the molecule is C[C@H]1O[C@H](O[C@H]2CC[C@]3(C=O)[C@@H]4CC[C@]5(C)[C@@H](C6=CC(=O)OC6)CC[C@]5(O)[C@@H]4CC[C@]3(O)C2)[C@@H](O)[C@@H]1O[C@@H]1O[C@H](CO)[C@@H](O)[C@H](O)[C@H]1O. The predicted molar refractivity (Wildman–Crippen MR) is 161 cm³/mol. The molecule has 4 saturated carbocycles. The van der Waals surface area contributed by atoms with Crippen LogP contribution >= 0.6 is 0 Å².